The number of hydrogen-bond acceptors (Lipinski definition) is 2. The Bertz CT molecular complexity index is 786. The highest BCUT2D eigenvalue weighted by Crippen LogP contribution is 2.67. The van der Waals surface area contributed by atoms with Crippen molar-refractivity contribution in [3.63, 3.8) is 0 Å². The quantitative estimate of drug-likeness (QED) is 0.187. The molecule has 0 saturated heterocycles. The van der Waals surface area contributed by atoms with Gasteiger partial charge in [-0.15, -0.1) is 11.6 Å². The molecule has 0 radical (unpaired) electrons. The first kappa shape index (κ1) is 27.5. The molecule has 0 amide bonds. The Morgan fingerprint density at radius 2 is 1.77 bits per heavy atom. The molecule has 3 heteroatoms. The summed E-state index contributed by atoms with van der Waals surface area (Å²) in [6, 6.07) is 0. The van der Waals surface area contributed by atoms with Crippen LogP contribution in [0.5, 0.6) is 0 Å². The van der Waals surface area contributed by atoms with E-state index in [0.29, 0.717) is 10.8 Å². The summed E-state index contributed by atoms with van der Waals surface area (Å²) in [7, 11) is 0. The number of carbonyl (C=O) groups is 1. The summed E-state index contributed by atoms with van der Waals surface area (Å²) in [5.74, 6) is 5.05. The van der Waals surface area contributed by atoms with E-state index in [0.717, 1.165) is 54.8 Å². The van der Waals surface area contributed by atoms with Gasteiger partial charge in [0.15, 0.2) is 0 Å². The van der Waals surface area contributed by atoms with Crippen LogP contribution in [0.3, 0.4) is 0 Å². The number of halogens is 1. The third-order valence-electron chi connectivity index (χ3n) is 11.4. The molecule has 3 saturated carbocycles. The smallest absolute Gasteiger partial charge is 0.324 e. The highest BCUT2D eigenvalue weighted by atomic mass is 35.5. The van der Waals surface area contributed by atoms with E-state index in [2.05, 4.69) is 40.7 Å². The fraction of sp³-hybridized carbons (Fsp3) is 0.906. The number of carbonyl (C=O) groups excluding carboxylic acids is 1. The second-order valence-corrected chi connectivity index (χ2v) is 14.7. The fourth-order valence-corrected chi connectivity index (χ4v) is 9.31. The Labute approximate surface area is 221 Å². The van der Waals surface area contributed by atoms with Crippen molar-refractivity contribution in [2.24, 2.45) is 52.3 Å². The average molecular weight is 505 g/mol. The molecule has 0 aromatic heterocycles. The van der Waals surface area contributed by atoms with E-state index >= 15 is 0 Å². The summed E-state index contributed by atoms with van der Waals surface area (Å²) >= 11 is 6.29. The van der Waals surface area contributed by atoms with Crippen LogP contribution < -0.4 is 0 Å². The zero-order valence-corrected chi connectivity index (χ0v) is 24.5. The van der Waals surface area contributed by atoms with Crippen LogP contribution in [0, 0.1) is 52.3 Å². The van der Waals surface area contributed by atoms with Crippen molar-refractivity contribution in [2.75, 3.05) is 0 Å². The van der Waals surface area contributed by atoms with Crippen LogP contribution in [0.2, 0.25) is 0 Å². The van der Waals surface area contributed by atoms with E-state index in [1.807, 2.05) is 13.8 Å². The molecule has 0 unspecified atom stereocenters. The first-order valence-corrected chi connectivity index (χ1v) is 15.4. The molecule has 0 spiro atoms. The van der Waals surface area contributed by atoms with E-state index < -0.39 is 5.38 Å². The molecule has 4 aliphatic rings. The molecule has 4 rings (SSSR count). The van der Waals surface area contributed by atoms with Gasteiger partial charge >= 0.3 is 5.97 Å². The summed E-state index contributed by atoms with van der Waals surface area (Å²) in [6.45, 7) is 16.5. The van der Waals surface area contributed by atoms with E-state index in [1.165, 1.54) is 51.4 Å². The highest BCUT2D eigenvalue weighted by molar-refractivity contribution is 6.30. The largest absolute Gasteiger partial charge is 0.461 e. The number of ether oxygens (including phenoxy) is 1. The van der Waals surface area contributed by atoms with Gasteiger partial charge < -0.3 is 4.74 Å². The predicted molar refractivity (Wildman–Crippen MR) is 147 cm³/mol. The van der Waals surface area contributed by atoms with Gasteiger partial charge in [-0.3, -0.25) is 4.79 Å². The number of fused-ring (bicyclic) bond motifs is 5. The molecule has 3 fully saturated rings. The molecule has 4 aliphatic carbocycles. The Hall–Kier alpha value is -0.500. The first-order valence-electron chi connectivity index (χ1n) is 15.0. The van der Waals surface area contributed by atoms with Crippen LogP contribution in [-0.4, -0.2) is 17.5 Å². The molecule has 0 bridgehead atoms. The number of esters is 1. The molecular weight excluding hydrogens is 452 g/mol. The van der Waals surface area contributed by atoms with E-state index in [4.69, 9.17) is 16.3 Å². The normalized spacial score (nSPS) is 40.5. The maximum absolute atomic E-state index is 12.5. The van der Waals surface area contributed by atoms with Crippen molar-refractivity contribution in [3.05, 3.63) is 11.6 Å². The highest BCUT2D eigenvalue weighted by Gasteiger charge is 2.59. The van der Waals surface area contributed by atoms with Crippen molar-refractivity contribution in [3.8, 4) is 0 Å². The van der Waals surface area contributed by atoms with Crippen molar-refractivity contribution in [1.29, 1.82) is 0 Å². The predicted octanol–water partition coefficient (Wildman–Crippen LogP) is 9.20. The second-order valence-electron chi connectivity index (χ2n) is 14.2. The van der Waals surface area contributed by atoms with Gasteiger partial charge in [-0.1, -0.05) is 79.4 Å². The molecule has 35 heavy (non-hydrogen) atoms. The van der Waals surface area contributed by atoms with Gasteiger partial charge in [-0.05, 0) is 97.2 Å². The van der Waals surface area contributed by atoms with Gasteiger partial charge in [-0.2, -0.15) is 0 Å². The number of hydrogen-bond donors (Lipinski definition) is 0. The van der Waals surface area contributed by atoms with Crippen LogP contribution in [0.1, 0.15) is 119 Å². The first-order chi connectivity index (χ1) is 16.5. The van der Waals surface area contributed by atoms with Crippen molar-refractivity contribution in [2.45, 2.75) is 131 Å². The summed E-state index contributed by atoms with van der Waals surface area (Å²) in [5.41, 5.74) is 2.42. The minimum atomic E-state index is -0.535. The van der Waals surface area contributed by atoms with Crippen LogP contribution in [-0.2, 0) is 9.53 Å². The van der Waals surface area contributed by atoms with Crippen LogP contribution in [0.25, 0.3) is 0 Å². The molecule has 0 N–H and O–H groups in total. The molecule has 0 aliphatic heterocycles. The van der Waals surface area contributed by atoms with Crippen LogP contribution in [0.15, 0.2) is 11.6 Å². The average Bonchev–Trinajstić information content (AvgIpc) is 3.15. The monoisotopic (exact) mass is 504 g/mol. The molecule has 9 atom stereocenters. The third-order valence-corrected chi connectivity index (χ3v) is 12.0. The summed E-state index contributed by atoms with van der Waals surface area (Å²) in [4.78, 5) is 12.5. The molecule has 2 nitrogen and oxygen atoms in total. The van der Waals surface area contributed by atoms with Gasteiger partial charge in [0.2, 0.25) is 0 Å². The molecular formula is C32H53ClO2. The summed E-state index contributed by atoms with van der Waals surface area (Å²) in [6.07, 6.45) is 16.8. The third kappa shape index (κ3) is 5.26. The number of rotatable bonds is 8. The molecule has 200 valence electrons. The summed E-state index contributed by atoms with van der Waals surface area (Å²) < 4.78 is 5.91. The van der Waals surface area contributed by atoms with Crippen LogP contribution in [0.4, 0.5) is 0 Å². The van der Waals surface area contributed by atoms with Crippen molar-refractivity contribution >= 4 is 17.6 Å². The molecule has 0 aromatic rings. The van der Waals surface area contributed by atoms with Crippen LogP contribution >= 0.6 is 11.6 Å². The zero-order valence-electron chi connectivity index (χ0n) is 23.7. The number of allylic oxidation sites excluding steroid dienone is 1. The van der Waals surface area contributed by atoms with Gasteiger partial charge in [0.1, 0.15) is 11.5 Å². The van der Waals surface area contributed by atoms with E-state index in [-0.39, 0.29) is 18.0 Å². The Morgan fingerprint density at radius 1 is 1.03 bits per heavy atom. The van der Waals surface area contributed by atoms with Gasteiger partial charge in [-0.25, -0.2) is 0 Å². The maximum Gasteiger partial charge on any atom is 0.324 e. The Balaban J connectivity index is 1.43. The van der Waals surface area contributed by atoms with Crippen molar-refractivity contribution < 1.29 is 9.53 Å². The Kier molecular flexibility index (Phi) is 8.42. The molecule has 0 aromatic carbocycles. The van der Waals surface area contributed by atoms with Gasteiger partial charge in [0.25, 0.3) is 0 Å². The molecule has 0 heterocycles. The van der Waals surface area contributed by atoms with E-state index in [1.54, 1.807) is 5.57 Å². The second kappa shape index (κ2) is 10.7. The Morgan fingerprint density at radius 3 is 2.46 bits per heavy atom. The standard InChI is InChI=1S/C32H53ClO2/c1-20(2)9-8-10-22(5)26-13-14-27-25-12-11-23-19-24(35-30(34)29(33)21(3)4)15-17-31(23,6)28(25)16-18-32(26,27)7/h11,20-22,24-29H,8-10,12-19H2,1-7H3/t22-,24+,25+,26-,27+,28+,29-,31+,32-/m1/s1. The minimum absolute atomic E-state index is 0.00906. The lowest BCUT2D eigenvalue weighted by molar-refractivity contribution is -0.151. The lowest BCUT2D eigenvalue weighted by atomic mass is 9.47. The zero-order chi connectivity index (χ0) is 25.5. The number of alkyl halides is 1. The lowest BCUT2D eigenvalue weighted by Crippen LogP contribution is -2.51. The fourth-order valence-electron chi connectivity index (χ4n) is 9.25. The lowest BCUT2D eigenvalue weighted by Gasteiger charge is -2.58. The van der Waals surface area contributed by atoms with E-state index in [9.17, 15) is 4.79 Å². The SMILES string of the molecule is CC(C)CCC[C@@H](C)[C@H]1CC[C@H]2[C@@H]3CC=C4C[C@@H](OC(=O)[C@H](Cl)C(C)C)CC[C@]4(C)[C@H]3CC[C@]12C. The van der Waals surface area contributed by atoms with Gasteiger partial charge in [0.05, 0.1) is 0 Å². The van der Waals surface area contributed by atoms with Crippen molar-refractivity contribution in [1.82, 2.24) is 0 Å². The maximum atomic E-state index is 12.5. The summed E-state index contributed by atoms with van der Waals surface area (Å²) in [5, 5.41) is -0.535. The minimum Gasteiger partial charge on any atom is -0.461 e. The van der Waals surface area contributed by atoms with Gasteiger partial charge in [0, 0.05) is 6.42 Å². The topological polar surface area (TPSA) is 26.3 Å².